The van der Waals surface area contributed by atoms with Crippen molar-refractivity contribution in [2.75, 3.05) is 6.54 Å². The minimum Gasteiger partial charge on any atom is -0.348 e. The van der Waals surface area contributed by atoms with Gasteiger partial charge in [0.15, 0.2) is 0 Å². The third kappa shape index (κ3) is 4.00. The first-order valence-corrected chi connectivity index (χ1v) is 9.70. The molecular weight excluding hydrogens is 379 g/mol. The van der Waals surface area contributed by atoms with Crippen molar-refractivity contribution in [1.29, 1.82) is 0 Å². The molecule has 1 fully saturated rings. The molecule has 0 radical (unpaired) electrons. The maximum absolute atomic E-state index is 12.7. The predicted octanol–water partition coefficient (Wildman–Crippen LogP) is 4.54. The van der Waals surface area contributed by atoms with Crippen LogP contribution in [-0.2, 0) is 4.79 Å². The molecule has 3 rings (SSSR count). The number of benzene rings is 1. The highest BCUT2D eigenvalue weighted by Gasteiger charge is 2.35. The maximum atomic E-state index is 12.7. The molecule has 2 heterocycles. The quantitative estimate of drug-likeness (QED) is 0.824. The van der Waals surface area contributed by atoms with E-state index in [1.165, 1.54) is 11.3 Å². The molecule has 2 atom stereocenters. The molecule has 132 valence electrons. The Morgan fingerprint density at radius 3 is 2.80 bits per heavy atom. The summed E-state index contributed by atoms with van der Waals surface area (Å²) in [6.45, 7) is 2.47. The van der Waals surface area contributed by atoms with Gasteiger partial charge in [0.2, 0.25) is 5.91 Å². The lowest BCUT2D eigenvalue weighted by molar-refractivity contribution is -0.125. The molecule has 0 spiro atoms. The lowest BCUT2D eigenvalue weighted by Crippen LogP contribution is -2.46. The zero-order chi connectivity index (χ0) is 18.0. The minimum atomic E-state index is -0.442. The third-order valence-corrected chi connectivity index (χ3v) is 5.76. The van der Waals surface area contributed by atoms with E-state index in [2.05, 4.69) is 5.32 Å². The fourth-order valence-corrected chi connectivity index (χ4v) is 4.32. The molecule has 1 saturated heterocycles. The standard InChI is InChI=1S/C18H18Cl2N2O2S/c1-11(13-7-6-12(19)10-14(13)20)21-17(23)15-4-2-8-22(15)18(24)16-5-3-9-25-16/h3,5-7,9-11,15H,2,4,8H2,1H3,(H,21,23). The average molecular weight is 397 g/mol. The summed E-state index contributed by atoms with van der Waals surface area (Å²) in [5, 5.41) is 5.90. The summed E-state index contributed by atoms with van der Waals surface area (Å²) in [5.41, 5.74) is 0.800. The van der Waals surface area contributed by atoms with E-state index in [9.17, 15) is 9.59 Å². The summed E-state index contributed by atoms with van der Waals surface area (Å²) in [4.78, 5) is 27.6. The van der Waals surface area contributed by atoms with E-state index in [4.69, 9.17) is 23.2 Å². The SMILES string of the molecule is CC(NC(=O)C1CCCN1C(=O)c1cccs1)c1ccc(Cl)cc1Cl. The molecular formula is C18H18Cl2N2O2S. The molecule has 0 aliphatic carbocycles. The van der Waals surface area contributed by atoms with E-state index in [-0.39, 0.29) is 17.9 Å². The summed E-state index contributed by atoms with van der Waals surface area (Å²) < 4.78 is 0. The van der Waals surface area contributed by atoms with Crippen molar-refractivity contribution in [2.24, 2.45) is 0 Å². The Morgan fingerprint density at radius 1 is 1.32 bits per heavy atom. The lowest BCUT2D eigenvalue weighted by atomic mass is 10.1. The van der Waals surface area contributed by atoms with Crippen LogP contribution in [0, 0.1) is 0 Å². The van der Waals surface area contributed by atoms with Crippen LogP contribution in [0.25, 0.3) is 0 Å². The molecule has 2 unspecified atom stereocenters. The number of nitrogens with zero attached hydrogens (tertiary/aromatic N) is 1. The molecule has 1 N–H and O–H groups in total. The second kappa shape index (κ2) is 7.77. The first-order valence-electron chi connectivity index (χ1n) is 8.07. The average Bonchev–Trinajstić information content (AvgIpc) is 3.25. The van der Waals surface area contributed by atoms with Gasteiger partial charge >= 0.3 is 0 Å². The van der Waals surface area contributed by atoms with Gasteiger partial charge in [-0.1, -0.05) is 35.3 Å². The van der Waals surface area contributed by atoms with Gasteiger partial charge in [-0.25, -0.2) is 0 Å². The highest BCUT2D eigenvalue weighted by Crippen LogP contribution is 2.27. The molecule has 2 aromatic rings. The number of carbonyl (C=O) groups excluding carboxylic acids is 2. The molecule has 25 heavy (non-hydrogen) atoms. The fourth-order valence-electron chi connectivity index (χ4n) is 3.06. The predicted molar refractivity (Wildman–Crippen MR) is 101 cm³/mol. The van der Waals surface area contributed by atoms with Crippen LogP contribution >= 0.6 is 34.5 Å². The number of nitrogens with one attached hydrogen (secondary N) is 1. The summed E-state index contributed by atoms with van der Waals surface area (Å²) in [6, 6.07) is 8.12. The maximum Gasteiger partial charge on any atom is 0.264 e. The zero-order valence-corrected chi connectivity index (χ0v) is 16.0. The molecule has 7 heteroatoms. The van der Waals surface area contributed by atoms with Crippen molar-refractivity contribution in [3.8, 4) is 0 Å². The first-order chi connectivity index (χ1) is 12.0. The zero-order valence-electron chi connectivity index (χ0n) is 13.7. The van der Waals surface area contributed by atoms with Crippen molar-refractivity contribution >= 4 is 46.4 Å². The van der Waals surface area contributed by atoms with Gasteiger partial charge in [-0.05, 0) is 48.9 Å². The van der Waals surface area contributed by atoms with Crippen LogP contribution in [0.1, 0.15) is 41.0 Å². The molecule has 2 amide bonds. The summed E-state index contributed by atoms with van der Waals surface area (Å²) in [5.74, 6) is -0.231. The summed E-state index contributed by atoms with van der Waals surface area (Å²) in [6.07, 6.45) is 1.50. The Bertz CT molecular complexity index is 779. The van der Waals surface area contributed by atoms with Crippen LogP contribution in [-0.4, -0.2) is 29.3 Å². The van der Waals surface area contributed by atoms with E-state index < -0.39 is 6.04 Å². The van der Waals surface area contributed by atoms with Crippen LogP contribution in [0.5, 0.6) is 0 Å². The van der Waals surface area contributed by atoms with Gasteiger partial charge in [-0.15, -0.1) is 11.3 Å². The Morgan fingerprint density at radius 2 is 2.12 bits per heavy atom. The van der Waals surface area contributed by atoms with Gasteiger partial charge < -0.3 is 10.2 Å². The second-order valence-corrected chi connectivity index (χ2v) is 7.82. The number of halogens is 2. The number of hydrogen-bond donors (Lipinski definition) is 1. The van der Waals surface area contributed by atoms with Gasteiger partial charge in [0, 0.05) is 16.6 Å². The van der Waals surface area contributed by atoms with E-state index in [1.54, 1.807) is 29.2 Å². The Kier molecular flexibility index (Phi) is 5.67. The Labute approximate surface area is 160 Å². The van der Waals surface area contributed by atoms with Crippen LogP contribution in [0.15, 0.2) is 35.7 Å². The summed E-state index contributed by atoms with van der Waals surface area (Å²) >= 11 is 13.5. The molecule has 1 aromatic carbocycles. The van der Waals surface area contributed by atoms with E-state index in [1.807, 2.05) is 18.4 Å². The molecule has 0 bridgehead atoms. The van der Waals surface area contributed by atoms with E-state index >= 15 is 0 Å². The molecule has 1 aliphatic heterocycles. The number of likely N-dealkylation sites (tertiary alicyclic amines) is 1. The van der Waals surface area contributed by atoms with Gasteiger partial charge in [0.05, 0.1) is 10.9 Å². The largest absolute Gasteiger partial charge is 0.348 e. The number of carbonyl (C=O) groups is 2. The van der Waals surface area contributed by atoms with Crippen LogP contribution in [0.3, 0.4) is 0 Å². The number of rotatable bonds is 4. The fraction of sp³-hybridized carbons (Fsp3) is 0.333. The van der Waals surface area contributed by atoms with Crippen molar-refractivity contribution in [3.63, 3.8) is 0 Å². The van der Waals surface area contributed by atoms with Gasteiger partial charge in [-0.3, -0.25) is 9.59 Å². The highest BCUT2D eigenvalue weighted by molar-refractivity contribution is 7.12. The topological polar surface area (TPSA) is 49.4 Å². The minimum absolute atomic E-state index is 0.0789. The molecule has 1 aromatic heterocycles. The van der Waals surface area contributed by atoms with E-state index in [0.29, 0.717) is 27.9 Å². The Hall–Kier alpha value is -1.56. The van der Waals surface area contributed by atoms with Crippen molar-refractivity contribution in [3.05, 3.63) is 56.2 Å². The van der Waals surface area contributed by atoms with Gasteiger partial charge in [0.1, 0.15) is 6.04 Å². The van der Waals surface area contributed by atoms with Gasteiger partial charge in [0.25, 0.3) is 5.91 Å². The molecule has 0 saturated carbocycles. The van der Waals surface area contributed by atoms with Crippen LogP contribution in [0.4, 0.5) is 0 Å². The molecule has 1 aliphatic rings. The van der Waals surface area contributed by atoms with Crippen LogP contribution < -0.4 is 5.32 Å². The van der Waals surface area contributed by atoms with Gasteiger partial charge in [-0.2, -0.15) is 0 Å². The second-order valence-electron chi connectivity index (χ2n) is 6.03. The van der Waals surface area contributed by atoms with Crippen LogP contribution in [0.2, 0.25) is 10.0 Å². The van der Waals surface area contributed by atoms with Crippen molar-refractivity contribution in [1.82, 2.24) is 10.2 Å². The first kappa shape index (κ1) is 18.2. The van der Waals surface area contributed by atoms with Crippen molar-refractivity contribution in [2.45, 2.75) is 31.8 Å². The third-order valence-electron chi connectivity index (χ3n) is 4.34. The smallest absolute Gasteiger partial charge is 0.264 e. The normalized spacial score (nSPS) is 18.2. The number of amides is 2. The van der Waals surface area contributed by atoms with Crippen molar-refractivity contribution < 1.29 is 9.59 Å². The van der Waals surface area contributed by atoms with E-state index in [0.717, 1.165) is 12.0 Å². The Balaban J connectivity index is 1.70. The highest BCUT2D eigenvalue weighted by atomic mass is 35.5. The molecule has 4 nitrogen and oxygen atoms in total. The number of hydrogen-bond acceptors (Lipinski definition) is 3. The monoisotopic (exact) mass is 396 g/mol. The number of thiophene rings is 1. The summed E-state index contributed by atoms with van der Waals surface area (Å²) in [7, 11) is 0. The lowest BCUT2D eigenvalue weighted by Gasteiger charge is -2.25.